The lowest BCUT2D eigenvalue weighted by Gasteiger charge is -2.35. The van der Waals surface area contributed by atoms with Crippen LogP contribution in [0, 0.1) is 0 Å². The van der Waals surface area contributed by atoms with Crippen molar-refractivity contribution in [3.05, 3.63) is 35.9 Å². The maximum Gasteiger partial charge on any atom is 0.340 e. The van der Waals surface area contributed by atoms with Crippen molar-refractivity contribution in [3.8, 4) is 0 Å². The van der Waals surface area contributed by atoms with E-state index in [4.69, 9.17) is 25.3 Å². The first-order valence-electron chi connectivity index (χ1n) is 13.6. The summed E-state index contributed by atoms with van der Waals surface area (Å²) in [5.41, 5.74) is -0.926. The highest BCUT2D eigenvalue weighted by molar-refractivity contribution is 6.04. The van der Waals surface area contributed by atoms with Gasteiger partial charge in [0, 0.05) is 55.6 Å². The maximum absolute atomic E-state index is 13.3. The molecular formula is C17H20N2O2. The number of rotatable bonds is 2. The van der Waals surface area contributed by atoms with Gasteiger partial charge in [-0.25, -0.2) is 4.79 Å². The Morgan fingerprint density at radius 3 is 3.00 bits per heavy atom. The monoisotopic (exact) mass is 299 g/mol. The molecule has 0 radical (unpaired) electrons. The van der Waals surface area contributed by atoms with E-state index in [1.807, 2.05) is 0 Å². The summed E-state index contributed by atoms with van der Waals surface area (Å²) in [6.45, 7) is 0. The summed E-state index contributed by atoms with van der Waals surface area (Å²) in [5, 5.41) is -0.404. The van der Waals surface area contributed by atoms with Gasteiger partial charge in [-0.2, -0.15) is 0 Å². The second-order valence-electron chi connectivity index (χ2n) is 4.43. The number of carbonyl (C=O) groups is 1. The molecule has 2 saturated heterocycles. The first-order valence-corrected chi connectivity index (χ1v) is 6.08. The number of hydrogen-bond acceptors (Lipinski definition) is 3. The van der Waals surface area contributed by atoms with E-state index in [0.717, 1.165) is 13.1 Å². The molecule has 1 unspecified atom stereocenters. The van der Waals surface area contributed by atoms with Gasteiger partial charge in [-0.3, -0.25) is 0 Å². The predicted molar refractivity (Wildman–Crippen MR) is 81.3 cm³/mol. The number of benzene rings is 1. The number of aromatic amines is 1. The van der Waals surface area contributed by atoms with Crippen molar-refractivity contribution in [1.29, 1.82) is 0 Å². The fourth-order valence-electron chi connectivity index (χ4n) is 2.06. The molecule has 4 rings (SSSR count). The molecule has 0 saturated carbocycles. The molecule has 0 amide bonds. The van der Waals surface area contributed by atoms with E-state index >= 15 is 0 Å². The number of hydrogen-bond donors (Lipinski definition) is 1. The van der Waals surface area contributed by atoms with Crippen LogP contribution in [-0.2, 0) is 4.74 Å². The normalized spacial score (nSPS) is 59.4. The van der Waals surface area contributed by atoms with Crippen LogP contribution in [0.2, 0.25) is 0 Å². The quantitative estimate of drug-likeness (QED) is 0.867. The second kappa shape index (κ2) is 4.88. The Hall–Kier alpha value is -1.81. The largest absolute Gasteiger partial charge is 0.459 e. The molecule has 2 fully saturated rings. The number of aromatic nitrogens is 1. The zero-order valence-corrected chi connectivity index (χ0v) is 10.8. The minimum atomic E-state index is -3.90. The summed E-state index contributed by atoms with van der Waals surface area (Å²) in [5.74, 6) is -1.75. The standard InChI is InChI=1S/C17H20N2O2/c1-19-11-6-7-12(19)9-13(8-11)21-17(20)15-10-18-16-5-3-2-4-14(15)16/h2-5,10-13,18H,6-9H2,1H3/t11-,12+,13?/i2D,3D,4D,6D2,7D2,8D2,9D2,10D,11D,12D,13D. The van der Waals surface area contributed by atoms with E-state index in [2.05, 4.69) is 4.98 Å². The Bertz CT molecular complexity index is 1280. The average molecular weight is 299 g/mol. The Labute approximate surface area is 145 Å². The maximum atomic E-state index is 13.3. The molecule has 1 aromatic heterocycles. The third-order valence-electron chi connectivity index (χ3n) is 3.15. The van der Waals surface area contributed by atoms with Crippen molar-refractivity contribution >= 4 is 16.9 Å². The van der Waals surface area contributed by atoms with E-state index in [0.29, 0.717) is 0 Å². The first kappa shape index (κ1) is 4.59. The minimum Gasteiger partial charge on any atom is -0.459 e. The molecule has 4 nitrogen and oxygen atoms in total. The molecule has 2 aliphatic heterocycles. The van der Waals surface area contributed by atoms with Crippen molar-refractivity contribution in [3.63, 3.8) is 0 Å². The fraction of sp³-hybridized carbons (Fsp3) is 0.471. The first-order chi connectivity index (χ1) is 16.0. The van der Waals surface area contributed by atoms with Gasteiger partial charge >= 0.3 is 5.97 Å². The van der Waals surface area contributed by atoms with Crippen LogP contribution in [-0.4, -0.2) is 41.0 Å². The lowest BCUT2D eigenvalue weighted by Crippen LogP contribution is -2.43. The summed E-state index contributed by atoms with van der Waals surface area (Å²) in [6, 6.07) is -7.56. The van der Waals surface area contributed by atoms with Gasteiger partial charge in [0.1, 0.15) is 6.08 Å². The van der Waals surface area contributed by atoms with E-state index in [-0.39, 0.29) is 10.4 Å². The molecule has 3 atom stereocenters. The van der Waals surface area contributed by atoms with Crippen molar-refractivity contribution in [1.82, 2.24) is 9.88 Å². The average Bonchev–Trinajstić information content (AvgIpc) is 3.12. The van der Waals surface area contributed by atoms with Crippen LogP contribution in [0.15, 0.2) is 30.4 Å². The molecule has 4 heteroatoms. The molecular weight excluding hydrogens is 264 g/mol. The van der Waals surface area contributed by atoms with Crippen molar-refractivity contribution < 1.29 is 30.1 Å². The lowest BCUT2D eigenvalue weighted by molar-refractivity contribution is -0.000258. The number of H-pyrrole nitrogens is 1. The molecule has 3 heterocycles. The van der Waals surface area contributed by atoms with Gasteiger partial charge in [-0.1, -0.05) is 18.1 Å². The van der Waals surface area contributed by atoms with Crippen molar-refractivity contribution in [2.75, 3.05) is 7.05 Å². The number of para-hydroxylation sites is 1. The second-order valence-corrected chi connectivity index (χ2v) is 4.43. The van der Waals surface area contributed by atoms with Gasteiger partial charge in [-0.05, 0) is 25.9 Å². The Morgan fingerprint density at radius 1 is 1.48 bits per heavy atom. The van der Waals surface area contributed by atoms with Gasteiger partial charge in [0.25, 0.3) is 0 Å². The summed E-state index contributed by atoms with van der Waals surface area (Å²) >= 11 is 0. The zero-order chi connectivity index (χ0) is 27.8. The van der Waals surface area contributed by atoms with Crippen LogP contribution in [0.25, 0.3) is 10.9 Å². The van der Waals surface area contributed by atoms with Crippen LogP contribution in [0.1, 0.15) is 56.4 Å². The number of carbonyl (C=O) groups excluding carboxylic acids is 1. The summed E-state index contributed by atoms with van der Waals surface area (Å²) in [7, 11) is 0.780. The smallest absolute Gasteiger partial charge is 0.340 e. The van der Waals surface area contributed by atoms with E-state index < -0.39 is 84.8 Å². The van der Waals surface area contributed by atoms with Gasteiger partial charge in [0.05, 0.1) is 12.4 Å². The topological polar surface area (TPSA) is 45.3 Å². The Morgan fingerprint density at radius 2 is 2.24 bits per heavy atom. The van der Waals surface area contributed by atoms with Crippen LogP contribution < -0.4 is 0 Å². The molecule has 21 heavy (non-hydrogen) atoms. The summed E-state index contributed by atoms with van der Waals surface area (Å²) in [6.07, 6.45) is -19.4. The highest BCUT2D eigenvalue weighted by atomic mass is 16.5. The lowest BCUT2D eigenvalue weighted by atomic mass is 10.0. The molecule has 2 bridgehead atoms. The van der Waals surface area contributed by atoms with Gasteiger partial charge < -0.3 is 14.6 Å². The van der Waals surface area contributed by atoms with E-state index in [9.17, 15) is 4.79 Å². The van der Waals surface area contributed by atoms with E-state index in [1.54, 1.807) is 0 Å². The van der Waals surface area contributed by atoms with Gasteiger partial charge in [0.2, 0.25) is 0 Å². The SMILES string of the molecule is [2H]c1cc2[nH]c([2H])c(C(=O)OC3([2H])C([2H])([2H])[C@]4([2H])N(C)[C@]([2H])(C3([2H])[2H])C([2H])([2H])C4([2H])[2H])c2c([2H])c1[2H]. The zero-order valence-electron chi connectivity index (χ0n) is 25.8. The number of nitrogens with one attached hydrogen (secondary N) is 1. The van der Waals surface area contributed by atoms with Crippen LogP contribution in [0.4, 0.5) is 0 Å². The highest BCUT2D eigenvalue weighted by Crippen LogP contribution is 2.35. The molecule has 0 aliphatic carbocycles. The molecule has 2 aliphatic rings. The van der Waals surface area contributed by atoms with Crippen molar-refractivity contribution in [2.45, 2.75) is 43.6 Å². The molecule has 2 aromatic rings. The highest BCUT2D eigenvalue weighted by Gasteiger charge is 2.40. The fourth-order valence-corrected chi connectivity index (χ4v) is 2.06. The van der Waals surface area contributed by atoms with Crippen LogP contribution in [0.3, 0.4) is 0 Å². The number of fused-ring (bicyclic) bond motifs is 3. The van der Waals surface area contributed by atoms with E-state index in [1.165, 1.54) is 0 Å². The molecule has 0 spiro atoms. The minimum absolute atomic E-state index is 0.118. The summed E-state index contributed by atoms with van der Waals surface area (Å²) < 4.78 is 129. The van der Waals surface area contributed by atoms with Crippen molar-refractivity contribution in [2.24, 2.45) is 0 Å². The Kier molecular flexibility index (Phi) is 1.07. The van der Waals surface area contributed by atoms with Crippen LogP contribution >= 0.6 is 0 Å². The van der Waals surface area contributed by atoms with Crippen LogP contribution in [0.5, 0.6) is 0 Å². The number of ether oxygens (including phenoxy) is 1. The summed E-state index contributed by atoms with van der Waals surface area (Å²) in [4.78, 5) is 15.9. The third-order valence-corrected chi connectivity index (χ3v) is 3.15. The van der Waals surface area contributed by atoms with Gasteiger partial charge in [0.15, 0.2) is 0 Å². The number of piperidine rings is 1. The molecule has 1 aromatic carbocycles. The predicted octanol–water partition coefficient (Wildman–Crippen LogP) is 2.95. The molecule has 1 N–H and O–H groups in total. The third kappa shape index (κ3) is 2.14. The number of esters is 1. The number of nitrogens with zero attached hydrogens (tertiary/aromatic N) is 1. The Balaban J connectivity index is 1.97. The van der Waals surface area contributed by atoms with Gasteiger partial charge in [-0.15, -0.1) is 0 Å². The molecule has 110 valence electrons.